The van der Waals surface area contributed by atoms with Gasteiger partial charge < -0.3 is 5.32 Å². The lowest BCUT2D eigenvalue weighted by Crippen LogP contribution is -2.08. The number of aromatic nitrogens is 1. The Balaban J connectivity index is 1.94. The van der Waals surface area contributed by atoms with Crippen molar-refractivity contribution >= 4 is 17.0 Å². The quantitative estimate of drug-likeness (QED) is 0.830. The van der Waals surface area contributed by atoms with E-state index in [1.54, 1.807) is 17.4 Å². The minimum Gasteiger partial charge on any atom is -0.384 e. The average molecular weight is 325 g/mol. The molecule has 0 spiro atoms. The van der Waals surface area contributed by atoms with Crippen molar-refractivity contribution in [2.24, 2.45) is 0 Å². The van der Waals surface area contributed by atoms with Gasteiger partial charge in [-0.15, -0.1) is 11.3 Å². The second-order valence-electron chi connectivity index (χ2n) is 4.78. The van der Waals surface area contributed by atoms with Gasteiger partial charge in [-0.05, 0) is 31.5 Å². The van der Waals surface area contributed by atoms with E-state index in [1.165, 1.54) is 6.07 Å². The van der Waals surface area contributed by atoms with Crippen LogP contribution in [-0.2, 0) is 12.6 Å². The molecule has 1 aromatic heterocycles. The third-order valence-corrected chi connectivity index (χ3v) is 4.04. The summed E-state index contributed by atoms with van der Waals surface area (Å²) in [5, 5.41) is 15.0. The number of benzene rings is 1. The molecule has 0 radical (unpaired) electrons. The molecule has 1 aromatic carbocycles. The lowest BCUT2D eigenvalue weighted by atomic mass is 10.1. The summed E-state index contributed by atoms with van der Waals surface area (Å²) in [6.07, 6.45) is -2.85. The lowest BCUT2D eigenvalue weighted by Gasteiger charge is -2.11. The third-order valence-electron chi connectivity index (χ3n) is 3.02. The average Bonchev–Trinajstić information content (AvgIpc) is 2.88. The van der Waals surface area contributed by atoms with Crippen molar-refractivity contribution in [3.63, 3.8) is 0 Å². The predicted molar refractivity (Wildman–Crippen MR) is 79.8 cm³/mol. The van der Waals surface area contributed by atoms with E-state index in [1.807, 2.05) is 12.3 Å². The van der Waals surface area contributed by atoms with Crippen molar-refractivity contribution in [3.05, 3.63) is 45.4 Å². The van der Waals surface area contributed by atoms with Gasteiger partial charge in [0.1, 0.15) is 6.07 Å². The number of alkyl halides is 3. The second kappa shape index (κ2) is 6.79. The molecule has 22 heavy (non-hydrogen) atoms. The monoisotopic (exact) mass is 325 g/mol. The Morgan fingerprint density at radius 2 is 2.14 bits per heavy atom. The topological polar surface area (TPSA) is 48.7 Å². The van der Waals surface area contributed by atoms with Crippen molar-refractivity contribution in [2.75, 3.05) is 11.9 Å². The van der Waals surface area contributed by atoms with E-state index in [0.29, 0.717) is 12.2 Å². The van der Waals surface area contributed by atoms with Crippen LogP contribution in [0.4, 0.5) is 18.9 Å². The standard InChI is InChI=1S/C15H14F3N3S/c1-10-9-22-14(21-10)3-2-6-20-13-5-4-12(15(16,17)18)7-11(13)8-19/h4-5,7,9,20H,2-3,6H2,1H3. The van der Waals surface area contributed by atoms with Gasteiger partial charge in [-0.1, -0.05) is 0 Å². The lowest BCUT2D eigenvalue weighted by molar-refractivity contribution is -0.137. The molecule has 2 rings (SSSR count). The molecule has 0 atom stereocenters. The van der Waals surface area contributed by atoms with Gasteiger partial charge in [-0.25, -0.2) is 4.98 Å². The Hall–Kier alpha value is -2.07. The first-order valence-corrected chi connectivity index (χ1v) is 7.54. The van der Waals surface area contributed by atoms with E-state index in [2.05, 4.69) is 10.3 Å². The van der Waals surface area contributed by atoms with E-state index < -0.39 is 11.7 Å². The maximum Gasteiger partial charge on any atom is 0.416 e. The van der Waals surface area contributed by atoms with Gasteiger partial charge in [-0.2, -0.15) is 18.4 Å². The zero-order valence-electron chi connectivity index (χ0n) is 11.9. The Bertz CT molecular complexity index is 686. The van der Waals surface area contributed by atoms with Crippen molar-refractivity contribution in [1.82, 2.24) is 4.98 Å². The molecule has 1 N–H and O–H groups in total. The summed E-state index contributed by atoms with van der Waals surface area (Å²) in [5.41, 5.74) is 0.598. The minimum absolute atomic E-state index is 0.0000759. The molecule has 0 aliphatic heterocycles. The molecule has 0 fully saturated rings. The highest BCUT2D eigenvalue weighted by Gasteiger charge is 2.31. The molecular weight excluding hydrogens is 311 g/mol. The molecule has 116 valence electrons. The Labute approximate surface area is 130 Å². The molecule has 0 saturated heterocycles. The molecule has 0 aliphatic carbocycles. The molecule has 0 aliphatic rings. The molecular formula is C15H14F3N3S. The van der Waals surface area contributed by atoms with Gasteiger partial charge in [0, 0.05) is 24.0 Å². The molecule has 0 saturated carbocycles. The van der Waals surface area contributed by atoms with E-state index in [9.17, 15) is 13.2 Å². The summed E-state index contributed by atoms with van der Waals surface area (Å²) in [6, 6.07) is 4.94. The predicted octanol–water partition coefficient (Wildman–Crippen LogP) is 4.39. The smallest absolute Gasteiger partial charge is 0.384 e. The van der Waals surface area contributed by atoms with E-state index >= 15 is 0 Å². The number of halogens is 3. The number of hydrogen-bond donors (Lipinski definition) is 1. The minimum atomic E-state index is -4.44. The summed E-state index contributed by atoms with van der Waals surface area (Å²) in [6.45, 7) is 2.50. The maximum atomic E-state index is 12.6. The second-order valence-corrected chi connectivity index (χ2v) is 5.73. The number of nitriles is 1. The van der Waals surface area contributed by atoms with Crippen LogP contribution in [0.1, 0.15) is 28.2 Å². The zero-order chi connectivity index (χ0) is 16.2. The van der Waals surface area contributed by atoms with Gasteiger partial charge in [0.15, 0.2) is 0 Å². The van der Waals surface area contributed by atoms with Crippen LogP contribution >= 0.6 is 11.3 Å². The molecule has 2 aromatic rings. The Morgan fingerprint density at radius 1 is 1.36 bits per heavy atom. The van der Waals surface area contributed by atoms with Crippen LogP contribution in [0, 0.1) is 18.3 Å². The highest BCUT2D eigenvalue weighted by Crippen LogP contribution is 2.31. The largest absolute Gasteiger partial charge is 0.416 e. The number of hydrogen-bond acceptors (Lipinski definition) is 4. The first-order chi connectivity index (χ1) is 10.4. The summed E-state index contributed by atoms with van der Waals surface area (Å²) in [5.74, 6) is 0. The number of nitrogens with zero attached hydrogens (tertiary/aromatic N) is 2. The van der Waals surface area contributed by atoms with Crippen molar-refractivity contribution in [2.45, 2.75) is 25.9 Å². The van der Waals surface area contributed by atoms with Crippen LogP contribution in [0.25, 0.3) is 0 Å². The van der Waals surface area contributed by atoms with Gasteiger partial charge in [0.05, 0.1) is 21.8 Å². The van der Waals surface area contributed by atoms with Gasteiger partial charge in [0.25, 0.3) is 0 Å². The summed E-state index contributed by atoms with van der Waals surface area (Å²) in [4.78, 5) is 4.34. The van der Waals surface area contributed by atoms with E-state index in [-0.39, 0.29) is 5.56 Å². The van der Waals surface area contributed by atoms with Crippen LogP contribution in [0.3, 0.4) is 0 Å². The molecule has 1 heterocycles. The highest BCUT2D eigenvalue weighted by atomic mass is 32.1. The first-order valence-electron chi connectivity index (χ1n) is 6.66. The molecule has 3 nitrogen and oxygen atoms in total. The summed E-state index contributed by atoms with van der Waals surface area (Å²) >= 11 is 1.59. The summed E-state index contributed by atoms with van der Waals surface area (Å²) in [7, 11) is 0. The SMILES string of the molecule is Cc1csc(CCCNc2ccc(C(F)(F)F)cc2C#N)n1. The van der Waals surface area contributed by atoms with Gasteiger partial charge in [0.2, 0.25) is 0 Å². The van der Waals surface area contributed by atoms with Crippen LogP contribution in [0.5, 0.6) is 0 Å². The van der Waals surface area contributed by atoms with Gasteiger partial charge >= 0.3 is 6.18 Å². The van der Waals surface area contributed by atoms with Crippen LogP contribution in [0.2, 0.25) is 0 Å². The Morgan fingerprint density at radius 3 is 2.73 bits per heavy atom. The molecule has 7 heteroatoms. The Kier molecular flexibility index (Phi) is 5.03. The fraction of sp³-hybridized carbons (Fsp3) is 0.333. The number of rotatable bonds is 5. The number of aryl methyl sites for hydroxylation is 2. The van der Waals surface area contributed by atoms with Crippen LogP contribution < -0.4 is 5.32 Å². The van der Waals surface area contributed by atoms with Crippen molar-refractivity contribution < 1.29 is 13.2 Å². The van der Waals surface area contributed by atoms with E-state index in [0.717, 1.165) is 35.7 Å². The highest BCUT2D eigenvalue weighted by molar-refractivity contribution is 7.09. The van der Waals surface area contributed by atoms with E-state index in [4.69, 9.17) is 5.26 Å². The molecule has 0 bridgehead atoms. The number of nitrogens with one attached hydrogen (secondary N) is 1. The zero-order valence-corrected chi connectivity index (χ0v) is 12.7. The van der Waals surface area contributed by atoms with Crippen LogP contribution in [0.15, 0.2) is 23.6 Å². The maximum absolute atomic E-state index is 12.6. The normalized spacial score (nSPS) is 11.2. The third kappa shape index (κ3) is 4.21. The first kappa shape index (κ1) is 16.3. The van der Waals surface area contributed by atoms with Crippen LogP contribution in [-0.4, -0.2) is 11.5 Å². The van der Waals surface area contributed by atoms with Gasteiger partial charge in [-0.3, -0.25) is 0 Å². The molecule has 0 unspecified atom stereocenters. The van der Waals surface area contributed by atoms with Crippen molar-refractivity contribution in [1.29, 1.82) is 5.26 Å². The summed E-state index contributed by atoms with van der Waals surface area (Å²) < 4.78 is 37.8. The molecule has 0 amide bonds. The fourth-order valence-electron chi connectivity index (χ4n) is 1.95. The number of anilines is 1. The fourth-order valence-corrected chi connectivity index (χ4v) is 2.77. The number of thiazole rings is 1. The van der Waals surface area contributed by atoms with Crippen molar-refractivity contribution in [3.8, 4) is 6.07 Å².